The third-order valence-electron chi connectivity index (χ3n) is 2.27. The molecular weight excluding hydrogens is 206 g/mol. The first kappa shape index (κ1) is 10.1. The van der Waals surface area contributed by atoms with E-state index in [0.29, 0.717) is 5.95 Å². The highest BCUT2D eigenvalue weighted by Crippen LogP contribution is 2.29. The van der Waals surface area contributed by atoms with Gasteiger partial charge in [0.1, 0.15) is 0 Å². The summed E-state index contributed by atoms with van der Waals surface area (Å²) in [5.41, 5.74) is 3.41. The molecule has 0 spiro atoms. The van der Waals surface area contributed by atoms with Crippen molar-refractivity contribution in [2.24, 2.45) is 0 Å². The molecule has 0 radical (unpaired) electrons. The zero-order valence-electron chi connectivity index (χ0n) is 9.03. The molecule has 0 saturated carbocycles. The molecule has 2 heterocycles. The fourth-order valence-corrected chi connectivity index (χ4v) is 2.39. The Kier molecular flexibility index (Phi) is 2.68. The number of hydrogen-bond acceptors (Lipinski definition) is 4. The quantitative estimate of drug-likeness (QED) is 0.844. The molecule has 0 aliphatic heterocycles. The van der Waals surface area contributed by atoms with Crippen molar-refractivity contribution in [3.05, 3.63) is 28.8 Å². The molecule has 78 valence electrons. The number of nitrogens with one attached hydrogen (secondary N) is 1. The lowest BCUT2D eigenvalue weighted by Crippen LogP contribution is -1.98. The Balaban J connectivity index is 2.56. The number of thiophene rings is 1. The predicted octanol–water partition coefficient (Wildman–Crippen LogP) is 2.86. The van der Waals surface area contributed by atoms with E-state index in [9.17, 15) is 0 Å². The van der Waals surface area contributed by atoms with Gasteiger partial charge in [-0.05, 0) is 36.4 Å². The van der Waals surface area contributed by atoms with Gasteiger partial charge in [-0.25, -0.2) is 9.97 Å². The monoisotopic (exact) mass is 219 g/mol. The number of aryl methyl sites for hydroxylation is 2. The summed E-state index contributed by atoms with van der Waals surface area (Å²) in [6, 6.07) is 2.11. The third-order valence-corrected chi connectivity index (χ3v) is 3.30. The smallest absolute Gasteiger partial charge is 0.222 e. The standard InChI is InChI=1S/C11H13N3S/c1-7-4-5-15-10(7)9-8(2)6-13-11(12-3)14-9/h4-6H,1-3H3,(H,12,13,14). The fraction of sp³-hybridized carbons (Fsp3) is 0.273. The van der Waals surface area contributed by atoms with Crippen molar-refractivity contribution in [2.45, 2.75) is 13.8 Å². The minimum atomic E-state index is 0.670. The molecule has 0 aliphatic carbocycles. The topological polar surface area (TPSA) is 37.8 Å². The van der Waals surface area contributed by atoms with E-state index < -0.39 is 0 Å². The molecule has 15 heavy (non-hydrogen) atoms. The summed E-state index contributed by atoms with van der Waals surface area (Å²) in [6.45, 7) is 4.14. The molecule has 2 aromatic rings. The van der Waals surface area contributed by atoms with Crippen molar-refractivity contribution in [1.82, 2.24) is 9.97 Å². The van der Waals surface area contributed by atoms with Crippen LogP contribution in [-0.4, -0.2) is 17.0 Å². The maximum Gasteiger partial charge on any atom is 0.222 e. The van der Waals surface area contributed by atoms with Gasteiger partial charge in [0.2, 0.25) is 5.95 Å². The van der Waals surface area contributed by atoms with Gasteiger partial charge in [0.25, 0.3) is 0 Å². The summed E-state index contributed by atoms with van der Waals surface area (Å²) in [6.07, 6.45) is 1.85. The molecule has 0 saturated heterocycles. The summed E-state index contributed by atoms with van der Waals surface area (Å²) >= 11 is 1.72. The van der Waals surface area contributed by atoms with Crippen molar-refractivity contribution in [3.8, 4) is 10.6 Å². The van der Waals surface area contributed by atoms with Gasteiger partial charge in [0, 0.05) is 13.2 Å². The summed E-state index contributed by atoms with van der Waals surface area (Å²) in [4.78, 5) is 9.89. The van der Waals surface area contributed by atoms with Gasteiger partial charge in [-0.15, -0.1) is 11.3 Å². The average molecular weight is 219 g/mol. The third kappa shape index (κ3) is 1.85. The van der Waals surface area contributed by atoms with Crippen LogP contribution in [0.2, 0.25) is 0 Å². The average Bonchev–Trinajstić information content (AvgIpc) is 2.65. The van der Waals surface area contributed by atoms with E-state index in [4.69, 9.17) is 0 Å². The molecule has 1 N–H and O–H groups in total. The van der Waals surface area contributed by atoms with E-state index in [0.717, 1.165) is 11.3 Å². The van der Waals surface area contributed by atoms with Crippen LogP contribution in [0.25, 0.3) is 10.6 Å². The number of anilines is 1. The van der Waals surface area contributed by atoms with Crippen LogP contribution in [0.15, 0.2) is 17.6 Å². The SMILES string of the molecule is CNc1ncc(C)c(-c2sccc2C)n1. The first-order valence-corrected chi connectivity index (χ1v) is 5.66. The molecule has 4 heteroatoms. The molecule has 0 fully saturated rings. The Morgan fingerprint density at radius 3 is 2.67 bits per heavy atom. The maximum absolute atomic E-state index is 4.48. The van der Waals surface area contributed by atoms with Crippen LogP contribution in [-0.2, 0) is 0 Å². The lowest BCUT2D eigenvalue weighted by molar-refractivity contribution is 1.13. The van der Waals surface area contributed by atoms with Crippen molar-refractivity contribution in [2.75, 3.05) is 12.4 Å². The highest BCUT2D eigenvalue weighted by Gasteiger charge is 2.09. The van der Waals surface area contributed by atoms with Crippen LogP contribution in [0, 0.1) is 13.8 Å². The van der Waals surface area contributed by atoms with Crippen LogP contribution in [0.4, 0.5) is 5.95 Å². The van der Waals surface area contributed by atoms with Gasteiger partial charge in [-0.2, -0.15) is 0 Å². The lowest BCUT2D eigenvalue weighted by atomic mass is 10.2. The highest BCUT2D eigenvalue weighted by molar-refractivity contribution is 7.13. The fourth-order valence-electron chi connectivity index (χ4n) is 1.41. The van der Waals surface area contributed by atoms with E-state index in [1.807, 2.05) is 20.2 Å². The molecule has 0 bridgehead atoms. The van der Waals surface area contributed by atoms with Crippen LogP contribution in [0.5, 0.6) is 0 Å². The normalized spacial score (nSPS) is 10.3. The minimum Gasteiger partial charge on any atom is -0.357 e. The Labute approximate surface area is 93.2 Å². The zero-order valence-corrected chi connectivity index (χ0v) is 9.85. The molecule has 2 rings (SSSR count). The first-order valence-electron chi connectivity index (χ1n) is 4.78. The van der Waals surface area contributed by atoms with Crippen LogP contribution < -0.4 is 5.32 Å². The van der Waals surface area contributed by atoms with Crippen LogP contribution in [0.3, 0.4) is 0 Å². The molecular formula is C11H13N3S. The molecule has 0 unspecified atom stereocenters. The lowest BCUT2D eigenvalue weighted by Gasteiger charge is -2.05. The van der Waals surface area contributed by atoms with Gasteiger partial charge in [-0.3, -0.25) is 0 Å². The number of aromatic nitrogens is 2. The van der Waals surface area contributed by atoms with Gasteiger partial charge < -0.3 is 5.32 Å². The minimum absolute atomic E-state index is 0.670. The van der Waals surface area contributed by atoms with E-state index >= 15 is 0 Å². The molecule has 2 aromatic heterocycles. The summed E-state index contributed by atoms with van der Waals surface area (Å²) in [5, 5.41) is 5.05. The Morgan fingerprint density at radius 2 is 2.07 bits per heavy atom. The summed E-state index contributed by atoms with van der Waals surface area (Å²) in [5.74, 6) is 0.670. The van der Waals surface area contributed by atoms with Crippen molar-refractivity contribution < 1.29 is 0 Å². The molecule has 0 atom stereocenters. The van der Waals surface area contributed by atoms with Crippen LogP contribution in [0.1, 0.15) is 11.1 Å². The number of nitrogens with zero attached hydrogens (tertiary/aromatic N) is 2. The van der Waals surface area contributed by atoms with Crippen molar-refractivity contribution in [1.29, 1.82) is 0 Å². The molecule has 3 nitrogen and oxygen atoms in total. The summed E-state index contributed by atoms with van der Waals surface area (Å²) < 4.78 is 0. The second-order valence-electron chi connectivity index (χ2n) is 3.41. The Hall–Kier alpha value is -1.42. The van der Waals surface area contributed by atoms with E-state index in [-0.39, 0.29) is 0 Å². The van der Waals surface area contributed by atoms with Gasteiger partial charge >= 0.3 is 0 Å². The second kappa shape index (κ2) is 3.98. The van der Waals surface area contributed by atoms with E-state index in [2.05, 4.69) is 33.7 Å². The number of rotatable bonds is 2. The van der Waals surface area contributed by atoms with E-state index in [1.54, 1.807) is 11.3 Å². The van der Waals surface area contributed by atoms with Gasteiger partial charge in [-0.1, -0.05) is 0 Å². The maximum atomic E-state index is 4.48. The summed E-state index contributed by atoms with van der Waals surface area (Å²) in [7, 11) is 1.83. The predicted molar refractivity (Wildman–Crippen MR) is 64.4 cm³/mol. The Morgan fingerprint density at radius 1 is 1.27 bits per heavy atom. The zero-order chi connectivity index (χ0) is 10.8. The first-order chi connectivity index (χ1) is 7.22. The van der Waals surface area contributed by atoms with Crippen LogP contribution >= 0.6 is 11.3 Å². The second-order valence-corrected chi connectivity index (χ2v) is 4.32. The number of hydrogen-bond donors (Lipinski definition) is 1. The Bertz CT molecular complexity index is 476. The molecule has 0 aliphatic rings. The van der Waals surface area contributed by atoms with E-state index in [1.165, 1.54) is 10.4 Å². The van der Waals surface area contributed by atoms with Gasteiger partial charge in [0.15, 0.2) is 0 Å². The highest BCUT2D eigenvalue weighted by atomic mass is 32.1. The van der Waals surface area contributed by atoms with Crippen molar-refractivity contribution in [3.63, 3.8) is 0 Å². The van der Waals surface area contributed by atoms with Gasteiger partial charge in [0.05, 0.1) is 10.6 Å². The largest absolute Gasteiger partial charge is 0.357 e. The molecule has 0 amide bonds. The molecule has 0 aromatic carbocycles. The van der Waals surface area contributed by atoms with Crippen molar-refractivity contribution >= 4 is 17.3 Å².